The molecule has 1 amide bonds. The van der Waals surface area contributed by atoms with Gasteiger partial charge < -0.3 is 14.7 Å². The van der Waals surface area contributed by atoms with Crippen molar-refractivity contribution in [3.8, 4) is 0 Å². The maximum absolute atomic E-state index is 12.3. The van der Waals surface area contributed by atoms with Crippen LogP contribution in [0.3, 0.4) is 0 Å². The van der Waals surface area contributed by atoms with Crippen molar-refractivity contribution in [2.75, 3.05) is 33.3 Å². The minimum absolute atomic E-state index is 0.0279. The number of likely N-dealkylation sites (N-methyl/N-ethyl adjacent to an activating group) is 1. The van der Waals surface area contributed by atoms with Crippen LogP contribution in [-0.2, 0) is 14.3 Å². The highest BCUT2D eigenvalue weighted by Gasteiger charge is 2.25. The third-order valence-corrected chi connectivity index (χ3v) is 4.03. The van der Waals surface area contributed by atoms with Gasteiger partial charge in [-0.3, -0.25) is 14.5 Å². The quantitative estimate of drug-likeness (QED) is 0.678. The van der Waals surface area contributed by atoms with E-state index in [1.54, 1.807) is 20.9 Å². The Bertz CT molecular complexity index is 354. The Morgan fingerprint density at radius 3 is 2.41 bits per heavy atom. The molecule has 0 saturated heterocycles. The van der Waals surface area contributed by atoms with Gasteiger partial charge in [0.2, 0.25) is 5.91 Å². The van der Waals surface area contributed by atoms with Gasteiger partial charge in [0.05, 0.1) is 19.3 Å². The molecular formula is C16H30N2O4. The molecular weight excluding hydrogens is 284 g/mol. The van der Waals surface area contributed by atoms with Crippen LogP contribution in [0.1, 0.15) is 46.0 Å². The predicted octanol–water partition coefficient (Wildman–Crippen LogP) is 1.02. The second kappa shape index (κ2) is 9.79. The molecule has 0 radical (unpaired) electrons. The van der Waals surface area contributed by atoms with Crippen molar-refractivity contribution in [3.63, 3.8) is 0 Å². The monoisotopic (exact) mass is 314 g/mol. The van der Waals surface area contributed by atoms with Crippen LogP contribution in [0.25, 0.3) is 0 Å². The SMILES string of the molecule is CCOC(=O)CN(C)C(=O)CN(CC(C)O)C1CCCCC1. The van der Waals surface area contributed by atoms with E-state index in [2.05, 4.69) is 4.90 Å². The maximum Gasteiger partial charge on any atom is 0.325 e. The summed E-state index contributed by atoms with van der Waals surface area (Å²) < 4.78 is 4.86. The molecule has 1 fully saturated rings. The van der Waals surface area contributed by atoms with Crippen LogP contribution < -0.4 is 0 Å². The lowest BCUT2D eigenvalue weighted by atomic mass is 9.94. The first-order chi connectivity index (χ1) is 10.4. The van der Waals surface area contributed by atoms with Crippen molar-refractivity contribution in [3.05, 3.63) is 0 Å². The zero-order valence-corrected chi connectivity index (χ0v) is 14.1. The minimum Gasteiger partial charge on any atom is -0.465 e. The number of esters is 1. The Morgan fingerprint density at radius 2 is 1.86 bits per heavy atom. The highest BCUT2D eigenvalue weighted by molar-refractivity contribution is 5.83. The summed E-state index contributed by atoms with van der Waals surface area (Å²) in [5.74, 6) is -0.502. The van der Waals surface area contributed by atoms with Crippen molar-refractivity contribution in [2.45, 2.75) is 58.1 Å². The highest BCUT2D eigenvalue weighted by atomic mass is 16.5. The average Bonchev–Trinajstić information content (AvgIpc) is 2.47. The van der Waals surface area contributed by atoms with Crippen LogP contribution in [0.15, 0.2) is 0 Å². The molecule has 1 atom stereocenters. The normalized spacial score (nSPS) is 17.3. The molecule has 0 aromatic heterocycles. The van der Waals surface area contributed by atoms with E-state index < -0.39 is 12.1 Å². The van der Waals surface area contributed by atoms with Crippen LogP contribution in [0.4, 0.5) is 0 Å². The third-order valence-electron chi connectivity index (χ3n) is 4.03. The number of aliphatic hydroxyl groups excluding tert-OH is 1. The zero-order valence-electron chi connectivity index (χ0n) is 14.1. The van der Waals surface area contributed by atoms with Gasteiger partial charge in [0.1, 0.15) is 6.54 Å². The van der Waals surface area contributed by atoms with E-state index in [0.29, 0.717) is 19.2 Å². The maximum atomic E-state index is 12.3. The molecule has 1 aliphatic carbocycles. The summed E-state index contributed by atoms with van der Waals surface area (Å²) in [5, 5.41) is 9.68. The van der Waals surface area contributed by atoms with Gasteiger partial charge in [-0.05, 0) is 26.7 Å². The van der Waals surface area contributed by atoms with Gasteiger partial charge in [-0.2, -0.15) is 0 Å². The Kier molecular flexibility index (Phi) is 8.42. The molecule has 1 aliphatic rings. The Labute approximate surface area is 133 Å². The topological polar surface area (TPSA) is 70.1 Å². The van der Waals surface area contributed by atoms with Gasteiger partial charge in [0, 0.05) is 19.6 Å². The summed E-state index contributed by atoms with van der Waals surface area (Å²) in [7, 11) is 1.61. The van der Waals surface area contributed by atoms with E-state index in [9.17, 15) is 14.7 Å². The van der Waals surface area contributed by atoms with Crippen LogP contribution >= 0.6 is 0 Å². The molecule has 128 valence electrons. The number of hydrogen-bond acceptors (Lipinski definition) is 5. The first-order valence-corrected chi connectivity index (χ1v) is 8.25. The number of carbonyl (C=O) groups is 2. The number of aliphatic hydroxyl groups is 1. The predicted molar refractivity (Wildman–Crippen MR) is 84.4 cm³/mol. The largest absolute Gasteiger partial charge is 0.465 e. The van der Waals surface area contributed by atoms with Gasteiger partial charge in [0.15, 0.2) is 0 Å². The van der Waals surface area contributed by atoms with E-state index in [4.69, 9.17) is 4.74 Å². The van der Waals surface area contributed by atoms with Crippen LogP contribution in [-0.4, -0.2) is 72.2 Å². The van der Waals surface area contributed by atoms with Gasteiger partial charge >= 0.3 is 5.97 Å². The molecule has 22 heavy (non-hydrogen) atoms. The zero-order chi connectivity index (χ0) is 16.5. The smallest absolute Gasteiger partial charge is 0.325 e. The molecule has 0 aliphatic heterocycles. The van der Waals surface area contributed by atoms with E-state index in [1.807, 2.05) is 0 Å². The van der Waals surface area contributed by atoms with Crippen LogP contribution in [0, 0.1) is 0 Å². The van der Waals surface area contributed by atoms with Crippen molar-refractivity contribution >= 4 is 11.9 Å². The summed E-state index contributed by atoms with van der Waals surface area (Å²) in [5.41, 5.74) is 0. The van der Waals surface area contributed by atoms with Gasteiger partial charge in [-0.1, -0.05) is 19.3 Å². The van der Waals surface area contributed by atoms with E-state index >= 15 is 0 Å². The highest BCUT2D eigenvalue weighted by Crippen LogP contribution is 2.22. The lowest BCUT2D eigenvalue weighted by molar-refractivity contribution is -0.148. The number of amides is 1. The molecule has 1 N–H and O–H groups in total. The fourth-order valence-electron chi connectivity index (χ4n) is 2.91. The Hall–Kier alpha value is -1.14. The molecule has 1 unspecified atom stereocenters. The molecule has 0 heterocycles. The molecule has 1 saturated carbocycles. The Balaban J connectivity index is 2.55. The molecule has 1 rings (SSSR count). The van der Waals surface area contributed by atoms with Gasteiger partial charge in [-0.25, -0.2) is 0 Å². The number of carbonyl (C=O) groups excluding carboxylic acids is 2. The molecule has 0 spiro atoms. The summed E-state index contributed by atoms with van der Waals surface area (Å²) in [6, 6.07) is 0.350. The first-order valence-electron chi connectivity index (χ1n) is 8.25. The summed E-state index contributed by atoms with van der Waals surface area (Å²) in [6.45, 7) is 4.50. The second-order valence-electron chi connectivity index (χ2n) is 6.13. The second-order valence-corrected chi connectivity index (χ2v) is 6.13. The van der Waals surface area contributed by atoms with Crippen LogP contribution in [0.5, 0.6) is 0 Å². The number of nitrogens with zero attached hydrogens (tertiary/aromatic N) is 2. The Morgan fingerprint density at radius 1 is 1.23 bits per heavy atom. The van der Waals surface area contributed by atoms with E-state index in [-0.39, 0.29) is 19.0 Å². The average molecular weight is 314 g/mol. The van der Waals surface area contributed by atoms with Crippen molar-refractivity contribution in [1.82, 2.24) is 9.80 Å². The van der Waals surface area contributed by atoms with Crippen LogP contribution in [0.2, 0.25) is 0 Å². The standard InChI is InChI=1S/C16H30N2O4/c1-4-22-16(21)12-17(3)15(20)11-18(10-13(2)19)14-8-6-5-7-9-14/h13-14,19H,4-12H2,1-3H3. The first kappa shape index (κ1) is 18.9. The van der Waals surface area contributed by atoms with Crippen molar-refractivity contribution in [2.24, 2.45) is 0 Å². The summed E-state index contributed by atoms with van der Waals surface area (Å²) in [6.07, 6.45) is 5.27. The number of rotatable bonds is 8. The molecule has 0 aromatic carbocycles. The summed E-state index contributed by atoms with van der Waals surface area (Å²) >= 11 is 0. The third kappa shape index (κ3) is 6.75. The summed E-state index contributed by atoms with van der Waals surface area (Å²) in [4.78, 5) is 27.2. The van der Waals surface area contributed by atoms with E-state index in [1.165, 1.54) is 24.2 Å². The van der Waals surface area contributed by atoms with Crippen molar-refractivity contribution < 1.29 is 19.4 Å². The minimum atomic E-state index is -0.468. The fourth-order valence-corrected chi connectivity index (χ4v) is 2.91. The van der Waals surface area contributed by atoms with Gasteiger partial charge in [-0.15, -0.1) is 0 Å². The molecule has 6 heteroatoms. The van der Waals surface area contributed by atoms with E-state index in [0.717, 1.165) is 12.8 Å². The molecule has 6 nitrogen and oxygen atoms in total. The molecule has 0 bridgehead atoms. The number of hydrogen-bond donors (Lipinski definition) is 1. The lowest BCUT2D eigenvalue weighted by Gasteiger charge is -2.35. The van der Waals surface area contributed by atoms with Crippen molar-refractivity contribution in [1.29, 1.82) is 0 Å². The molecule has 0 aromatic rings. The number of ether oxygens (including phenoxy) is 1. The lowest BCUT2D eigenvalue weighted by Crippen LogP contribution is -2.47. The fraction of sp³-hybridized carbons (Fsp3) is 0.875. The van der Waals surface area contributed by atoms with Gasteiger partial charge in [0.25, 0.3) is 0 Å².